The van der Waals surface area contributed by atoms with Crippen LogP contribution < -0.4 is 0 Å². The summed E-state index contributed by atoms with van der Waals surface area (Å²) in [4.78, 5) is 51.7. The number of carbonyl (C=O) groups is 3. The molecule has 1 aliphatic heterocycles. The summed E-state index contributed by atoms with van der Waals surface area (Å²) in [5.41, 5.74) is 0. The molecule has 2 N–H and O–H groups in total. The number of hydrogen-bond donors (Lipinski definition) is 2. The maximum absolute atomic E-state index is 10.8. The molecule has 1 rings (SSSR count). The summed E-state index contributed by atoms with van der Waals surface area (Å²) < 4.78 is 10.0. The van der Waals surface area contributed by atoms with Gasteiger partial charge < -0.3 is 9.79 Å². The fraction of sp³-hybridized carbons (Fsp3) is 0. The van der Waals surface area contributed by atoms with E-state index in [1.165, 1.54) is 0 Å². The highest BCUT2D eigenvalue weighted by Crippen LogP contribution is 2.41. The molecule has 0 unspecified atom stereocenters. The molecular weight excluding hydrogens is 203 g/mol. The van der Waals surface area contributed by atoms with Gasteiger partial charge in [0.15, 0.2) is 0 Å². The van der Waals surface area contributed by atoms with E-state index in [1.54, 1.807) is 0 Å². The molecule has 3 amide bonds. The Morgan fingerprint density at radius 1 is 1.31 bits per heavy atom. The molecule has 0 saturated carbocycles. The Morgan fingerprint density at radius 3 is 2.23 bits per heavy atom. The van der Waals surface area contributed by atoms with Gasteiger partial charge in [-0.1, -0.05) is 0 Å². The summed E-state index contributed by atoms with van der Waals surface area (Å²) in [7, 11) is -5.09. The van der Waals surface area contributed by atoms with Gasteiger partial charge in [0.2, 0.25) is 0 Å². The van der Waals surface area contributed by atoms with Crippen LogP contribution in [0.1, 0.15) is 0 Å². The predicted octanol–water partition coefficient (Wildman–Crippen LogP) is -1.32. The van der Waals surface area contributed by atoms with Crippen LogP contribution in [0.5, 0.6) is 0 Å². The minimum absolute atomic E-state index is 0.414. The Labute approximate surface area is 71.1 Å². The van der Waals surface area contributed by atoms with Crippen LogP contribution in [0.3, 0.4) is 0 Å². The third kappa shape index (κ3) is 1.69. The fourth-order valence-electron chi connectivity index (χ4n) is 0.645. The third-order valence-electron chi connectivity index (χ3n) is 1.14. The van der Waals surface area contributed by atoms with Crippen molar-refractivity contribution in [2.75, 3.05) is 0 Å². The van der Waals surface area contributed by atoms with Crippen LogP contribution in [-0.2, 0) is 14.2 Å². The van der Waals surface area contributed by atoms with Crippen molar-refractivity contribution in [2.24, 2.45) is 4.99 Å². The first-order valence-electron chi connectivity index (χ1n) is 2.86. The van der Waals surface area contributed by atoms with Gasteiger partial charge in [0.05, 0.1) is 6.21 Å². The molecule has 0 aliphatic carbocycles. The number of hydrogen-bond acceptors (Lipinski definition) is 4. The highest BCUT2D eigenvalue weighted by molar-refractivity contribution is 7.51. The molecule has 1 heterocycles. The largest absolute Gasteiger partial charge is 0.441 e. The number of nitrogens with zero attached hydrogens (tertiary/aromatic N) is 2. The first-order chi connectivity index (χ1) is 5.84. The second kappa shape index (κ2) is 2.84. The molecule has 1 aliphatic rings. The number of Topliss-reactive ketones (excluding diaryl/α,β-unsaturated/α-hetero) is 1. The van der Waals surface area contributed by atoms with Crippen molar-refractivity contribution in [3.63, 3.8) is 0 Å². The van der Waals surface area contributed by atoms with Crippen LogP contribution >= 0.6 is 7.75 Å². The van der Waals surface area contributed by atoms with E-state index < -0.39 is 30.1 Å². The van der Waals surface area contributed by atoms with Crippen molar-refractivity contribution >= 4 is 31.7 Å². The number of ketones is 1. The van der Waals surface area contributed by atoms with Gasteiger partial charge in [0.25, 0.3) is 5.78 Å². The Kier molecular flexibility index (Phi) is 2.12. The van der Waals surface area contributed by atoms with Crippen LogP contribution in [-0.4, -0.2) is 38.4 Å². The van der Waals surface area contributed by atoms with E-state index in [1.807, 2.05) is 0 Å². The minimum atomic E-state index is -5.09. The van der Waals surface area contributed by atoms with E-state index in [9.17, 15) is 18.9 Å². The normalized spacial score (nSPS) is 18.3. The van der Waals surface area contributed by atoms with E-state index in [0.717, 1.165) is 0 Å². The van der Waals surface area contributed by atoms with Crippen molar-refractivity contribution in [3.05, 3.63) is 0 Å². The van der Waals surface area contributed by atoms with Gasteiger partial charge in [-0.25, -0.2) is 9.36 Å². The summed E-state index contributed by atoms with van der Waals surface area (Å²) in [6.45, 7) is 0. The number of rotatable bonds is 1. The average Bonchev–Trinajstić information content (AvgIpc) is 1.95. The van der Waals surface area contributed by atoms with Crippen molar-refractivity contribution < 1.29 is 28.7 Å². The summed E-state index contributed by atoms with van der Waals surface area (Å²) in [6, 6.07) is -1.45. The topological polar surface area (TPSA) is 124 Å². The molecule has 0 radical (unpaired) electrons. The minimum Gasteiger partial charge on any atom is -0.308 e. The first-order valence-corrected chi connectivity index (χ1v) is 4.43. The second-order valence-corrected chi connectivity index (χ2v) is 3.46. The van der Waals surface area contributed by atoms with E-state index in [2.05, 4.69) is 4.99 Å². The van der Waals surface area contributed by atoms with Gasteiger partial charge in [-0.3, -0.25) is 9.59 Å². The molecule has 0 aromatic heterocycles. The standard InChI is InChI=1S/C4H3N2O6P/c7-2-1-5-4(9)6(3(2)8)13(10,11)12/h1H,(H2,10,11,12). The highest BCUT2D eigenvalue weighted by atomic mass is 31.2. The molecule has 8 nitrogen and oxygen atoms in total. The van der Waals surface area contributed by atoms with Crippen LogP contribution in [0.4, 0.5) is 4.79 Å². The average molecular weight is 206 g/mol. The molecule has 0 spiro atoms. The zero-order chi connectivity index (χ0) is 10.2. The zero-order valence-corrected chi connectivity index (χ0v) is 6.84. The quantitative estimate of drug-likeness (QED) is 0.405. The molecule has 13 heavy (non-hydrogen) atoms. The summed E-state index contributed by atoms with van der Waals surface area (Å²) in [6.07, 6.45) is 0.414. The van der Waals surface area contributed by atoms with Crippen molar-refractivity contribution in [1.82, 2.24) is 4.67 Å². The van der Waals surface area contributed by atoms with Gasteiger partial charge in [-0.05, 0) is 0 Å². The van der Waals surface area contributed by atoms with E-state index in [-0.39, 0.29) is 0 Å². The smallest absolute Gasteiger partial charge is 0.308 e. The van der Waals surface area contributed by atoms with Crippen molar-refractivity contribution in [1.29, 1.82) is 0 Å². The van der Waals surface area contributed by atoms with Crippen LogP contribution in [0.2, 0.25) is 0 Å². The molecule has 0 aromatic rings. The molecule has 0 aromatic carbocycles. The molecule has 0 atom stereocenters. The Hall–Kier alpha value is -1.37. The van der Waals surface area contributed by atoms with Crippen LogP contribution in [0.25, 0.3) is 0 Å². The monoisotopic (exact) mass is 206 g/mol. The van der Waals surface area contributed by atoms with Gasteiger partial charge >= 0.3 is 19.7 Å². The molecule has 0 fully saturated rings. The van der Waals surface area contributed by atoms with Gasteiger partial charge in [0, 0.05) is 0 Å². The number of urea groups is 1. The van der Waals surface area contributed by atoms with Gasteiger partial charge in [-0.2, -0.15) is 9.66 Å². The maximum atomic E-state index is 10.8. The number of aliphatic imine (C=N–C) groups is 1. The molecule has 9 heteroatoms. The lowest BCUT2D eigenvalue weighted by atomic mass is 10.4. The van der Waals surface area contributed by atoms with E-state index in [4.69, 9.17) is 9.79 Å². The predicted molar refractivity (Wildman–Crippen MR) is 37.8 cm³/mol. The van der Waals surface area contributed by atoms with Crippen molar-refractivity contribution in [2.45, 2.75) is 0 Å². The fourth-order valence-corrected chi connectivity index (χ4v) is 1.25. The molecular formula is C4H3N2O6P. The molecule has 0 bridgehead atoms. The highest BCUT2D eigenvalue weighted by Gasteiger charge is 2.42. The van der Waals surface area contributed by atoms with Gasteiger partial charge in [-0.15, -0.1) is 0 Å². The number of amides is 3. The van der Waals surface area contributed by atoms with E-state index >= 15 is 0 Å². The summed E-state index contributed by atoms with van der Waals surface area (Å²) in [5.74, 6) is -2.82. The lowest BCUT2D eigenvalue weighted by Gasteiger charge is -2.19. The molecule has 0 saturated heterocycles. The first kappa shape index (κ1) is 9.72. The van der Waals surface area contributed by atoms with E-state index in [0.29, 0.717) is 6.21 Å². The molecule has 70 valence electrons. The van der Waals surface area contributed by atoms with Gasteiger partial charge in [0.1, 0.15) is 0 Å². The zero-order valence-electron chi connectivity index (χ0n) is 5.95. The van der Waals surface area contributed by atoms with Crippen LogP contribution in [0.15, 0.2) is 4.99 Å². The third-order valence-corrected chi connectivity index (χ3v) is 2.01. The second-order valence-electron chi connectivity index (χ2n) is 2.04. The Bertz CT molecular complexity index is 367. The summed E-state index contributed by atoms with van der Waals surface area (Å²) >= 11 is 0. The number of imide groups is 1. The Balaban J connectivity index is 3.18. The SMILES string of the molecule is O=C1C=NC(=O)N(P(=O)(O)O)C1=O. The summed E-state index contributed by atoms with van der Waals surface area (Å²) in [5, 5.41) is 0. The number of carbonyl (C=O) groups excluding carboxylic acids is 3. The van der Waals surface area contributed by atoms with Crippen LogP contribution in [0, 0.1) is 0 Å². The Morgan fingerprint density at radius 2 is 1.85 bits per heavy atom. The van der Waals surface area contributed by atoms with Crippen molar-refractivity contribution in [3.8, 4) is 0 Å². The lowest BCUT2D eigenvalue weighted by molar-refractivity contribution is -0.137. The maximum Gasteiger partial charge on any atom is 0.441 e. The lowest BCUT2D eigenvalue weighted by Crippen LogP contribution is -2.41.